The van der Waals surface area contributed by atoms with Crippen molar-refractivity contribution >= 4 is 10.4 Å². The fourth-order valence-electron chi connectivity index (χ4n) is 0.184. The Labute approximate surface area is 53.2 Å². The highest BCUT2D eigenvalue weighted by atomic mass is 32.3. The van der Waals surface area contributed by atoms with E-state index in [1.807, 2.05) is 0 Å². The molecule has 0 radical (unpaired) electrons. The molecule has 6 heteroatoms. The normalized spacial score (nSPS) is 15.4. The van der Waals surface area contributed by atoms with Crippen molar-refractivity contribution in [1.82, 2.24) is 0 Å². The highest BCUT2D eigenvalue weighted by Gasteiger charge is 2.05. The number of hydrogen-bond acceptors (Lipinski definition) is 4. The molecule has 0 aromatic heterocycles. The van der Waals surface area contributed by atoms with Gasteiger partial charge in [-0.05, 0) is 6.92 Å². The fraction of sp³-hybridized carbons (Fsp3) is 1.00. The molecule has 1 unspecified atom stereocenters. The Bertz CT molecular complexity index is 157. The lowest BCUT2D eigenvalue weighted by molar-refractivity contribution is 0.117. The van der Waals surface area contributed by atoms with Gasteiger partial charge in [0.25, 0.3) is 0 Å². The molecule has 0 aliphatic rings. The highest BCUT2D eigenvalue weighted by Crippen LogP contribution is 1.88. The van der Waals surface area contributed by atoms with Gasteiger partial charge in [0.2, 0.25) is 0 Å². The minimum atomic E-state index is -4.38. The van der Waals surface area contributed by atoms with Crippen molar-refractivity contribution in [3.05, 3.63) is 0 Å². The van der Waals surface area contributed by atoms with Gasteiger partial charge in [-0.3, -0.25) is 4.55 Å². The van der Waals surface area contributed by atoms with E-state index in [1.54, 1.807) is 0 Å². The maximum absolute atomic E-state index is 9.76. The van der Waals surface area contributed by atoms with Gasteiger partial charge in [0, 0.05) is 0 Å². The number of aliphatic hydroxyl groups excluding tert-OH is 1. The molecule has 0 aromatic carbocycles. The summed E-state index contributed by atoms with van der Waals surface area (Å²) in [7, 11) is -4.38. The molecular formula is C3H8O5S. The van der Waals surface area contributed by atoms with Crippen LogP contribution in [-0.4, -0.2) is 30.8 Å². The van der Waals surface area contributed by atoms with Crippen LogP contribution < -0.4 is 0 Å². The van der Waals surface area contributed by atoms with Crippen molar-refractivity contribution in [2.45, 2.75) is 13.0 Å². The lowest BCUT2D eigenvalue weighted by atomic mass is 10.5. The van der Waals surface area contributed by atoms with Gasteiger partial charge in [0.05, 0.1) is 12.7 Å². The monoisotopic (exact) mass is 156 g/mol. The van der Waals surface area contributed by atoms with Crippen LogP contribution in [0.3, 0.4) is 0 Å². The summed E-state index contributed by atoms with van der Waals surface area (Å²) in [6, 6.07) is 0. The van der Waals surface area contributed by atoms with Gasteiger partial charge in [-0.25, -0.2) is 4.18 Å². The molecule has 0 fully saturated rings. The van der Waals surface area contributed by atoms with Gasteiger partial charge >= 0.3 is 10.4 Å². The van der Waals surface area contributed by atoms with Crippen molar-refractivity contribution in [3.8, 4) is 0 Å². The zero-order valence-corrected chi connectivity index (χ0v) is 5.63. The molecular weight excluding hydrogens is 148 g/mol. The number of rotatable bonds is 3. The van der Waals surface area contributed by atoms with Gasteiger partial charge in [0.15, 0.2) is 0 Å². The Balaban J connectivity index is 3.53. The first-order valence-electron chi connectivity index (χ1n) is 2.22. The van der Waals surface area contributed by atoms with Crippen molar-refractivity contribution in [1.29, 1.82) is 0 Å². The molecule has 0 aromatic rings. The summed E-state index contributed by atoms with van der Waals surface area (Å²) >= 11 is 0. The molecule has 0 aliphatic carbocycles. The van der Waals surface area contributed by atoms with Crippen LogP contribution in [0.25, 0.3) is 0 Å². The average Bonchev–Trinajstić information content (AvgIpc) is 1.59. The van der Waals surface area contributed by atoms with Gasteiger partial charge in [-0.15, -0.1) is 0 Å². The summed E-state index contributed by atoms with van der Waals surface area (Å²) in [5.41, 5.74) is 0. The lowest BCUT2D eigenvalue weighted by Gasteiger charge is -2.00. The Morgan fingerprint density at radius 3 is 2.22 bits per heavy atom. The predicted molar refractivity (Wildman–Crippen MR) is 29.2 cm³/mol. The molecule has 0 saturated heterocycles. The average molecular weight is 156 g/mol. The first-order valence-corrected chi connectivity index (χ1v) is 3.58. The summed E-state index contributed by atoms with van der Waals surface area (Å²) in [4.78, 5) is 0. The molecule has 0 heterocycles. The van der Waals surface area contributed by atoms with Crippen molar-refractivity contribution in [3.63, 3.8) is 0 Å². The molecule has 9 heavy (non-hydrogen) atoms. The summed E-state index contributed by atoms with van der Waals surface area (Å²) in [6.45, 7) is 0.921. The van der Waals surface area contributed by atoms with E-state index < -0.39 is 23.1 Å². The number of aliphatic hydroxyl groups is 1. The molecule has 1 atom stereocenters. The molecule has 0 aliphatic heterocycles. The maximum atomic E-state index is 9.76. The van der Waals surface area contributed by atoms with Crippen LogP contribution in [0.5, 0.6) is 0 Å². The minimum absolute atomic E-state index is 0.418. The van der Waals surface area contributed by atoms with Crippen LogP contribution in [0.2, 0.25) is 0 Å². The van der Waals surface area contributed by atoms with Gasteiger partial charge < -0.3 is 5.11 Å². The van der Waals surface area contributed by atoms with Gasteiger partial charge in [-0.1, -0.05) is 0 Å². The third-order valence-electron chi connectivity index (χ3n) is 0.458. The second kappa shape index (κ2) is 3.11. The van der Waals surface area contributed by atoms with Crippen molar-refractivity contribution in [2.24, 2.45) is 0 Å². The standard InChI is InChI=1S/C3H8O5S/c1-3(4)2-8-9(5,6)7/h3-4H,2H2,1H3,(H,5,6,7). The zero-order chi connectivity index (χ0) is 7.49. The van der Waals surface area contributed by atoms with Crippen molar-refractivity contribution < 1.29 is 22.3 Å². The number of hydrogen-bond donors (Lipinski definition) is 2. The van der Waals surface area contributed by atoms with E-state index >= 15 is 0 Å². The second-order valence-corrected chi connectivity index (χ2v) is 2.65. The third-order valence-corrected chi connectivity index (χ3v) is 0.892. The summed E-state index contributed by atoms with van der Waals surface area (Å²) in [5, 5.41) is 8.42. The molecule has 0 saturated carbocycles. The highest BCUT2D eigenvalue weighted by molar-refractivity contribution is 7.80. The Kier molecular flexibility index (Phi) is 3.06. The van der Waals surface area contributed by atoms with E-state index in [0.717, 1.165) is 0 Å². The van der Waals surface area contributed by atoms with E-state index in [4.69, 9.17) is 9.66 Å². The topological polar surface area (TPSA) is 83.8 Å². The predicted octanol–water partition coefficient (Wildman–Crippen LogP) is -0.813. The molecule has 5 nitrogen and oxygen atoms in total. The van der Waals surface area contributed by atoms with Crippen LogP contribution in [0, 0.1) is 0 Å². The molecule has 56 valence electrons. The Hall–Kier alpha value is -0.170. The second-order valence-electron chi connectivity index (χ2n) is 1.56. The van der Waals surface area contributed by atoms with Crippen LogP contribution in [0.15, 0.2) is 0 Å². The molecule has 0 rings (SSSR count). The minimum Gasteiger partial charge on any atom is -0.391 e. The summed E-state index contributed by atoms with van der Waals surface area (Å²) in [5.74, 6) is 0. The SMILES string of the molecule is CC(O)COS(=O)(=O)O. The van der Waals surface area contributed by atoms with E-state index in [-0.39, 0.29) is 0 Å². The lowest BCUT2D eigenvalue weighted by Crippen LogP contribution is -2.14. The first kappa shape index (κ1) is 8.83. The van der Waals surface area contributed by atoms with E-state index in [1.165, 1.54) is 6.92 Å². The molecule has 0 amide bonds. The largest absolute Gasteiger partial charge is 0.397 e. The Morgan fingerprint density at radius 2 is 2.11 bits per heavy atom. The molecule has 0 bridgehead atoms. The summed E-state index contributed by atoms with van der Waals surface area (Å²) in [6.07, 6.45) is -0.896. The van der Waals surface area contributed by atoms with Gasteiger partial charge in [0.1, 0.15) is 0 Å². The van der Waals surface area contributed by atoms with E-state index in [9.17, 15) is 8.42 Å². The fourth-order valence-corrected chi connectivity index (χ4v) is 0.553. The smallest absolute Gasteiger partial charge is 0.391 e. The van der Waals surface area contributed by atoms with Crippen LogP contribution >= 0.6 is 0 Å². The van der Waals surface area contributed by atoms with Crippen LogP contribution in [0.4, 0.5) is 0 Å². The molecule has 2 N–H and O–H groups in total. The van der Waals surface area contributed by atoms with Crippen molar-refractivity contribution in [2.75, 3.05) is 6.61 Å². The third kappa shape index (κ3) is 7.83. The first-order chi connectivity index (χ1) is 3.92. The Morgan fingerprint density at radius 1 is 1.67 bits per heavy atom. The quantitative estimate of drug-likeness (QED) is 0.522. The van der Waals surface area contributed by atoms with Gasteiger partial charge in [-0.2, -0.15) is 8.42 Å². The zero-order valence-electron chi connectivity index (χ0n) is 4.81. The maximum Gasteiger partial charge on any atom is 0.397 e. The van der Waals surface area contributed by atoms with Crippen LogP contribution in [0.1, 0.15) is 6.92 Å². The molecule has 0 spiro atoms. The summed E-state index contributed by atoms with van der Waals surface area (Å²) < 4.78 is 31.2. The van der Waals surface area contributed by atoms with E-state index in [2.05, 4.69) is 4.18 Å². The van der Waals surface area contributed by atoms with Crippen LogP contribution in [-0.2, 0) is 14.6 Å². The van der Waals surface area contributed by atoms with E-state index in [0.29, 0.717) is 0 Å².